The minimum Gasteiger partial charge on any atom is -0.493 e. The number of amides is 1. The van der Waals surface area contributed by atoms with Crippen LogP contribution in [0.15, 0.2) is 46.9 Å². The number of thioether (sulfide) groups is 1. The summed E-state index contributed by atoms with van der Waals surface area (Å²) in [6, 6.07) is 10.7. The SMILES string of the molecule is COc1ccc(-c2nc(CSCC(=O)N3CCN(c4cccc(C(F)(F)F)c4)CC3)c(C)o2)cc1OC. The first-order valence-corrected chi connectivity index (χ1v) is 12.8. The van der Waals surface area contributed by atoms with Gasteiger partial charge < -0.3 is 23.7 Å². The number of ether oxygens (including phenoxy) is 2. The lowest BCUT2D eigenvalue weighted by atomic mass is 10.1. The number of aryl methyl sites for hydroxylation is 1. The number of aromatic nitrogens is 1. The van der Waals surface area contributed by atoms with E-state index in [4.69, 9.17) is 13.9 Å². The van der Waals surface area contributed by atoms with Crippen molar-refractivity contribution in [2.75, 3.05) is 51.1 Å². The summed E-state index contributed by atoms with van der Waals surface area (Å²) >= 11 is 1.45. The zero-order valence-electron chi connectivity index (χ0n) is 20.8. The van der Waals surface area contributed by atoms with E-state index < -0.39 is 11.7 Å². The van der Waals surface area contributed by atoms with Crippen molar-refractivity contribution in [3.63, 3.8) is 0 Å². The molecule has 37 heavy (non-hydrogen) atoms. The zero-order valence-corrected chi connectivity index (χ0v) is 21.6. The molecule has 0 unspecified atom stereocenters. The molecule has 1 aliphatic rings. The van der Waals surface area contributed by atoms with E-state index in [1.165, 1.54) is 17.8 Å². The van der Waals surface area contributed by atoms with Crippen LogP contribution in [0.2, 0.25) is 0 Å². The molecule has 198 valence electrons. The number of oxazole rings is 1. The van der Waals surface area contributed by atoms with E-state index in [1.807, 2.05) is 17.9 Å². The Morgan fingerprint density at radius 3 is 2.46 bits per heavy atom. The maximum Gasteiger partial charge on any atom is 0.416 e. The summed E-state index contributed by atoms with van der Waals surface area (Å²) in [5.41, 5.74) is 1.36. The Kier molecular flexibility index (Phi) is 8.21. The number of hydrogen-bond donors (Lipinski definition) is 0. The van der Waals surface area contributed by atoms with Gasteiger partial charge in [-0.2, -0.15) is 13.2 Å². The fraction of sp³-hybridized carbons (Fsp3) is 0.385. The Morgan fingerprint density at radius 1 is 1.05 bits per heavy atom. The molecular formula is C26H28F3N3O4S. The summed E-state index contributed by atoms with van der Waals surface area (Å²) in [4.78, 5) is 20.9. The zero-order chi connectivity index (χ0) is 26.6. The minimum absolute atomic E-state index is 0.00467. The molecule has 0 saturated carbocycles. The normalized spacial score (nSPS) is 14.1. The van der Waals surface area contributed by atoms with Crippen LogP contribution in [0, 0.1) is 6.92 Å². The second-order valence-corrected chi connectivity index (χ2v) is 9.49. The van der Waals surface area contributed by atoms with E-state index >= 15 is 0 Å². The molecule has 1 amide bonds. The molecule has 3 aromatic rings. The molecule has 2 heterocycles. The number of methoxy groups -OCH3 is 2. The number of halogens is 3. The number of nitrogens with zero attached hydrogens (tertiary/aromatic N) is 3. The molecule has 0 spiro atoms. The molecule has 1 aliphatic heterocycles. The highest BCUT2D eigenvalue weighted by atomic mass is 32.2. The fourth-order valence-electron chi connectivity index (χ4n) is 4.07. The standard InChI is InChI=1S/C26H28F3N3O4S/c1-17-21(30-25(36-17)18-7-8-22(34-2)23(13-18)35-3)15-37-16-24(33)32-11-9-31(10-12-32)20-6-4-5-19(14-20)26(27,28)29/h4-8,13-14H,9-12,15-16H2,1-3H3. The number of hydrogen-bond acceptors (Lipinski definition) is 7. The summed E-state index contributed by atoms with van der Waals surface area (Å²) < 4.78 is 55.5. The van der Waals surface area contributed by atoms with Gasteiger partial charge in [-0.1, -0.05) is 6.07 Å². The minimum atomic E-state index is -4.38. The number of benzene rings is 2. The Bertz CT molecular complexity index is 1240. The lowest BCUT2D eigenvalue weighted by molar-refractivity contribution is -0.137. The number of alkyl halides is 3. The van der Waals surface area contributed by atoms with Crippen molar-refractivity contribution in [1.82, 2.24) is 9.88 Å². The van der Waals surface area contributed by atoms with E-state index in [0.29, 0.717) is 60.8 Å². The molecular weight excluding hydrogens is 507 g/mol. The van der Waals surface area contributed by atoms with Crippen molar-refractivity contribution >= 4 is 23.4 Å². The first kappa shape index (κ1) is 26.7. The summed E-state index contributed by atoms with van der Waals surface area (Å²) in [5.74, 6) is 3.12. The molecule has 0 aliphatic carbocycles. The quantitative estimate of drug-likeness (QED) is 0.389. The van der Waals surface area contributed by atoms with E-state index in [1.54, 1.807) is 37.3 Å². The molecule has 1 aromatic heterocycles. The van der Waals surface area contributed by atoms with Gasteiger partial charge in [-0.3, -0.25) is 4.79 Å². The lowest BCUT2D eigenvalue weighted by Gasteiger charge is -2.36. The first-order chi connectivity index (χ1) is 17.7. The van der Waals surface area contributed by atoms with Gasteiger partial charge in [-0.05, 0) is 43.3 Å². The Hall–Kier alpha value is -3.34. The molecule has 11 heteroatoms. The molecule has 1 saturated heterocycles. The summed E-state index contributed by atoms with van der Waals surface area (Å²) in [6.07, 6.45) is -4.38. The number of piperazine rings is 1. The summed E-state index contributed by atoms with van der Waals surface area (Å²) in [7, 11) is 3.13. The molecule has 0 radical (unpaired) electrons. The van der Waals surface area contributed by atoms with Crippen molar-refractivity contribution in [2.24, 2.45) is 0 Å². The summed E-state index contributed by atoms with van der Waals surface area (Å²) in [5, 5.41) is 0. The van der Waals surface area contributed by atoms with E-state index in [2.05, 4.69) is 4.98 Å². The van der Waals surface area contributed by atoms with Crippen molar-refractivity contribution < 1.29 is 31.9 Å². The molecule has 0 bridgehead atoms. The van der Waals surface area contributed by atoms with Crippen molar-refractivity contribution in [3.05, 3.63) is 59.5 Å². The van der Waals surface area contributed by atoms with Gasteiger partial charge in [0.25, 0.3) is 0 Å². The van der Waals surface area contributed by atoms with Crippen LogP contribution in [0.1, 0.15) is 17.0 Å². The van der Waals surface area contributed by atoms with Crippen LogP contribution >= 0.6 is 11.8 Å². The average Bonchev–Trinajstić information content (AvgIpc) is 3.28. The molecule has 7 nitrogen and oxygen atoms in total. The highest BCUT2D eigenvalue weighted by Gasteiger charge is 2.31. The van der Waals surface area contributed by atoms with Gasteiger partial charge in [-0.15, -0.1) is 11.8 Å². The van der Waals surface area contributed by atoms with Crippen molar-refractivity contribution in [2.45, 2.75) is 18.9 Å². The molecule has 0 N–H and O–H groups in total. The third kappa shape index (κ3) is 6.33. The van der Waals surface area contributed by atoms with Crippen LogP contribution in [0.5, 0.6) is 11.5 Å². The molecule has 2 aromatic carbocycles. The third-order valence-electron chi connectivity index (χ3n) is 6.16. The van der Waals surface area contributed by atoms with Crippen LogP contribution < -0.4 is 14.4 Å². The highest BCUT2D eigenvalue weighted by Crippen LogP contribution is 2.34. The molecule has 1 fully saturated rings. The van der Waals surface area contributed by atoms with E-state index in [0.717, 1.165) is 23.4 Å². The molecule has 4 rings (SSSR count). The van der Waals surface area contributed by atoms with Gasteiger partial charge >= 0.3 is 6.18 Å². The average molecular weight is 536 g/mol. The van der Waals surface area contributed by atoms with E-state index in [9.17, 15) is 18.0 Å². The van der Waals surface area contributed by atoms with Gasteiger partial charge in [0.15, 0.2) is 11.5 Å². The first-order valence-electron chi connectivity index (χ1n) is 11.7. The van der Waals surface area contributed by atoms with Crippen LogP contribution in [-0.4, -0.2) is 61.9 Å². The Labute approximate surface area is 217 Å². The lowest BCUT2D eigenvalue weighted by Crippen LogP contribution is -2.49. The fourth-order valence-corrected chi connectivity index (χ4v) is 4.99. The van der Waals surface area contributed by atoms with Crippen LogP contribution in [0.3, 0.4) is 0 Å². The van der Waals surface area contributed by atoms with Crippen molar-refractivity contribution in [3.8, 4) is 23.0 Å². The topological polar surface area (TPSA) is 68.0 Å². The van der Waals surface area contributed by atoms with Gasteiger partial charge in [0, 0.05) is 43.2 Å². The predicted octanol–water partition coefficient (Wildman–Crippen LogP) is 5.27. The Morgan fingerprint density at radius 2 is 1.78 bits per heavy atom. The number of anilines is 1. The predicted molar refractivity (Wildman–Crippen MR) is 136 cm³/mol. The highest BCUT2D eigenvalue weighted by molar-refractivity contribution is 7.99. The largest absolute Gasteiger partial charge is 0.493 e. The second kappa shape index (κ2) is 11.4. The number of rotatable bonds is 8. The van der Waals surface area contributed by atoms with Crippen LogP contribution in [-0.2, 0) is 16.7 Å². The van der Waals surface area contributed by atoms with Gasteiger partial charge in [0.1, 0.15) is 5.76 Å². The number of carbonyl (C=O) groups is 1. The van der Waals surface area contributed by atoms with Gasteiger partial charge in [0.2, 0.25) is 11.8 Å². The smallest absolute Gasteiger partial charge is 0.416 e. The summed E-state index contributed by atoms with van der Waals surface area (Å²) in [6.45, 7) is 3.72. The van der Waals surface area contributed by atoms with Crippen molar-refractivity contribution in [1.29, 1.82) is 0 Å². The maximum absolute atomic E-state index is 13.0. The second-order valence-electron chi connectivity index (χ2n) is 8.50. The third-order valence-corrected chi connectivity index (χ3v) is 7.09. The van der Waals surface area contributed by atoms with E-state index in [-0.39, 0.29) is 11.7 Å². The number of carbonyl (C=O) groups excluding carboxylic acids is 1. The van der Waals surface area contributed by atoms with Gasteiger partial charge in [0.05, 0.1) is 31.2 Å². The van der Waals surface area contributed by atoms with Crippen LogP contribution in [0.4, 0.5) is 18.9 Å². The maximum atomic E-state index is 13.0. The monoisotopic (exact) mass is 535 g/mol. The van der Waals surface area contributed by atoms with Crippen LogP contribution in [0.25, 0.3) is 11.5 Å². The van der Waals surface area contributed by atoms with Gasteiger partial charge in [-0.25, -0.2) is 4.98 Å². The molecule has 0 atom stereocenters. The Balaban J connectivity index is 1.28.